The molecule has 0 heterocycles. The lowest BCUT2D eigenvalue weighted by Crippen LogP contribution is -2.37. The van der Waals surface area contributed by atoms with Crippen molar-refractivity contribution in [2.45, 2.75) is 26.7 Å². The molecule has 0 aromatic rings. The monoisotopic (exact) mass is 270 g/mol. The van der Waals surface area contributed by atoms with Crippen LogP contribution >= 0.6 is 0 Å². The van der Waals surface area contributed by atoms with Crippen molar-refractivity contribution in [2.75, 3.05) is 12.3 Å². The highest BCUT2D eigenvalue weighted by atomic mass is 32.3. The van der Waals surface area contributed by atoms with Crippen molar-refractivity contribution in [2.24, 2.45) is 4.40 Å². The molecule has 7 nitrogen and oxygen atoms in total. The van der Waals surface area contributed by atoms with Gasteiger partial charge < -0.3 is 0 Å². The minimum absolute atomic E-state index is 0.208. The van der Waals surface area contributed by atoms with Crippen LogP contribution in [0.25, 0.3) is 0 Å². The Morgan fingerprint density at radius 3 is 2.12 bits per heavy atom. The van der Waals surface area contributed by atoms with Gasteiger partial charge in [-0.25, -0.2) is 13.2 Å². The van der Waals surface area contributed by atoms with Crippen molar-refractivity contribution in [3.8, 4) is 0 Å². The third kappa shape index (κ3) is 4.01. The van der Waals surface area contributed by atoms with Gasteiger partial charge in [0.15, 0.2) is 0 Å². The molecule has 0 bridgehead atoms. The third-order valence-electron chi connectivity index (χ3n) is 1.78. The smallest absolute Gasteiger partial charge is 0.211 e. The van der Waals surface area contributed by atoms with Crippen LogP contribution in [-0.2, 0) is 25.0 Å². The third-order valence-corrected chi connectivity index (χ3v) is 5.56. The average molecular weight is 270 g/mol. The van der Waals surface area contributed by atoms with Crippen LogP contribution < -0.4 is 0 Å². The highest BCUT2D eigenvalue weighted by Crippen LogP contribution is 2.12. The molecule has 0 aliphatic heterocycles. The van der Waals surface area contributed by atoms with Crippen molar-refractivity contribution in [3.05, 3.63) is 0 Å². The molecular weight excluding hydrogens is 256 g/mol. The van der Waals surface area contributed by atoms with Crippen molar-refractivity contribution < 1.29 is 21.6 Å². The van der Waals surface area contributed by atoms with E-state index in [1.807, 2.05) is 0 Å². The van der Waals surface area contributed by atoms with Gasteiger partial charge >= 0.3 is 10.2 Å². The molecule has 0 spiro atoms. The summed E-state index contributed by atoms with van der Waals surface area (Å²) in [5.74, 6) is -0.371. The molecule has 0 unspecified atom stereocenters. The van der Waals surface area contributed by atoms with Crippen LogP contribution in [0.4, 0.5) is 0 Å². The summed E-state index contributed by atoms with van der Waals surface area (Å²) in [5, 5.41) is 0. The summed E-state index contributed by atoms with van der Waals surface area (Å²) in [6.45, 7) is 2.89. The number of sulfonamides is 1. The Kier molecular flexibility index (Phi) is 5.80. The van der Waals surface area contributed by atoms with Crippen molar-refractivity contribution in [1.29, 1.82) is 0 Å². The average Bonchev–Trinajstić information content (AvgIpc) is 2.17. The number of hydrogen-bond donors (Lipinski definition) is 0. The van der Waals surface area contributed by atoms with Crippen LogP contribution in [0, 0.1) is 0 Å². The van der Waals surface area contributed by atoms with E-state index in [1.165, 1.54) is 6.92 Å². The summed E-state index contributed by atoms with van der Waals surface area (Å²) < 4.78 is 48.5. The predicted octanol–water partition coefficient (Wildman–Crippen LogP) is 0.0188. The molecule has 94 valence electrons. The highest BCUT2D eigenvalue weighted by Gasteiger charge is 2.31. The van der Waals surface area contributed by atoms with Gasteiger partial charge in [0.2, 0.25) is 10.0 Å². The lowest BCUT2D eigenvalue weighted by atomic mass is 10.3. The molecule has 0 saturated carbocycles. The molecule has 0 radical (unpaired) electrons. The minimum Gasteiger partial charge on any atom is -0.211 e. The lowest BCUT2D eigenvalue weighted by Gasteiger charge is -2.16. The quantitative estimate of drug-likeness (QED) is 0.479. The summed E-state index contributed by atoms with van der Waals surface area (Å²) in [6, 6.07) is 0. The second-order valence-corrected chi connectivity index (χ2v) is 6.84. The van der Waals surface area contributed by atoms with Crippen LogP contribution in [0.1, 0.15) is 26.7 Å². The van der Waals surface area contributed by atoms with E-state index in [0.29, 0.717) is 12.8 Å². The molecule has 0 atom stereocenters. The Balaban J connectivity index is 5.35. The van der Waals surface area contributed by atoms with E-state index in [1.54, 1.807) is 6.92 Å². The molecule has 0 amide bonds. The maximum absolute atomic E-state index is 11.5. The Morgan fingerprint density at radius 1 is 1.19 bits per heavy atom. The van der Waals surface area contributed by atoms with Gasteiger partial charge in [-0.3, -0.25) is 0 Å². The SMILES string of the molecule is CCCCN(S(=O)(=O)CC)S(=O)(=O)N=C=O. The molecule has 9 heteroatoms. The Hall–Kier alpha value is -0.760. The van der Waals surface area contributed by atoms with Gasteiger partial charge in [0.1, 0.15) is 0 Å². The maximum atomic E-state index is 11.5. The first-order chi connectivity index (χ1) is 7.31. The number of rotatable bonds is 7. The fourth-order valence-corrected chi connectivity index (χ4v) is 3.73. The van der Waals surface area contributed by atoms with Gasteiger partial charge in [-0.05, 0) is 13.3 Å². The van der Waals surface area contributed by atoms with Crippen molar-refractivity contribution >= 4 is 26.3 Å². The van der Waals surface area contributed by atoms with E-state index in [0.717, 1.165) is 6.08 Å². The van der Waals surface area contributed by atoms with Crippen molar-refractivity contribution in [3.63, 3.8) is 0 Å². The fraction of sp³-hybridized carbons (Fsp3) is 0.857. The Morgan fingerprint density at radius 2 is 1.75 bits per heavy atom. The molecular formula is C7H14N2O5S2. The van der Waals surface area contributed by atoms with Gasteiger partial charge in [0.25, 0.3) is 6.08 Å². The first-order valence-electron chi connectivity index (χ1n) is 4.66. The topological polar surface area (TPSA) is 101 Å². The van der Waals surface area contributed by atoms with E-state index in [-0.39, 0.29) is 16.0 Å². The second kappa shape index (κ2) is 6.09. The number of hydrogen-bond acceptors (Lipinski definition) is 5. The number of nitrogens with zero attached hydrogens (tertiary/aromatic N) is 2. The molecule has 0 saturated heterocycles. The van der Waals surface area contributed by atoms with E-state index in [4.69, 9.17) is 0 Å². The Labute approximate surface area is 95.4 Å². The van der Waals surface area contributed by atoms with Gasteiger partial charge in [0, 0.05) is 6.54 Å². The zero-order valence-electron chi connectivity index (χ0n) is 9.08. The van der Waals surface area contributed by atoms with Crippen molar-refractivity contribution in [1.82, 2.24) is 3.71 Å². The fourth-order valence-electron chi connectivity index (χ4n) is 0.922. The summed E-state index contributed by atoms with van der Waals surface area (Å²) >= 11 is 0. The zero-order valence-corrected chi connectivity index (χ0v) is 10.7. The minimum atomic E-state index is -4.47. The van der Waals surface area contributed by atoms with E-state index < -0.39 is 20.2 Å². The zero-order chi connectivity index (χ0) is 12.8. The van der Waals surface area contributed by atoms with Crippen LogP contribution in [0.5, 0.6) is 0 Å². The summed E-state index contributed by atoms with van der Waals surface area (Å²) in [5.41, 5.74) is 0. The van der Waals surface area contributed by atoms with Gasteiger partial charge in [-0.1, -0.05) is 21.5 Å². The summed E-state index contributed by atoms with van der Waals surface area (Å²) in [6.07, 6.45) is 1.83. The molecule has 16 heavy (non-hydrogen) atoms. The second-order valence-electron chi connectivity index (χ2n) is 2.91. The standard InChI is InChI=1S/C7H14N2O5S2/c1-3-5-6-9(15(11,12)4-2)16(13,14)8-7-10/h3-6H2,1-2H3. The first kappa shape index (κ1) is 15.2. The number of isocyanates is 1. The maximum Gasteiger partial charge on any atom is 0.345 e. The van der Waals surface area contributed by atoms with E-state index in [9.17, 15) is 21.6 Å². The molecule has 0 aliphatic carbocycles. The van der Waals surface area contributed by atoms with Gasteiger partial charge in [-0.2, -0.15) is 8.42 Å². The molecule has 0 rings (SSSR count). The molecule has 0 aliphatic rings. The highest BCUT2D eigenvalue weighted by molar-refractivity contribution is 8.03. The normalized spacial score (nSPS) is 12.4. The van der Waals surface area contributed by atoms with Gasteiger partial charge in [0.05, 0.1) is 5.75 Å². The summed E-state index contributed by atoms with van der Waals surface area (Å²) in [7, 11) is -8.41. The lowest BCUT2D eigenvalue weighted by molar-refractivity contribution is 0.490. The molecule has 0 aromatic carbocycles. The number of carbonyl (C=O) groups excluding carboxylic acids is 1. The predicted molar refractivity (Wildman–Crippen MR) is 58.1 cm³/mol. The number of unbranched alkanes of at least 4 members (excludes halogenated alkanes) is 1. The molecule has 0 aromatic heterocycles. The largest absolute Gasteiger partial charge is 0.345 e. The van der Waals surface area contributed by atoms with Crippen LogP contribution in [-0.4, -0.2) is 38.9 Å². The van der Waals surface area contributed by atoms with Crippen LogP contribution in [0.3, 0.4) is 0 Å². The Bertz CT molecular complexity index is 461. The van der Waals surface area contributed by atoms with Gasteiger partial charge in [-0.15, -0.1) is 0 Å². The van der Waals surface area contributed by atoms with E-state index in [2.05, 4.69) is 4.40 Å². The van der Waals surface area contributed by atoms with Crippen LogP contribution in [0.15, 0.2) is 4.40 Å². The molecule has 0 N–H and O–H groups in total. The van der Waals surface area contributed by atoms with Crippen LogP contribution in [0.2, 0.25) is 0 Å². The molecule has 0 fully saturated rings. The summed E-state index contributed by atoms with van der Waals surface area (Å²) in [4.78, 5) is 9.92. The van der Waals surface area contributed by atoms with E-state index >= 15 is 0 Å². The first-order valence-corrected chi connectivity index (χ1v) is 7.67.